The van der Waals surface area contributed by atoms with E-state index in [4.69, 9.17) is 4.74 Å². The Kier molecular flexibility index (Phi) is 2.98. The van der Waals surface area contributed by atoms with Crippen molar-refractivity contribution in [2.75, 3.05) is 6.54 Å². The molecule has 14 heavy (non-hydrogen) atoms. The highest BCUT2D eigenvalue weighted by Crippen LogP contribution is 2.21. The van der Waals surface area contributed by atoms with E-state index >= 15 is 0 Å². The van der Waals surface area contributed by atoms with Crippen molar-refractivity contribution in [2.45, 2.75) is 39.0 Å². The quantitative estimate of drug-likeness (QED) is 0.628. The minimum atomic E-state index is -0.515. The molecule has 1 fully saturated rings. The summed E-state index contributed by atoms with van der Waals surface area (Å²) >= 11 is 0. The van der Waals surface area contributed by atoms with E-state index in [0.717, 1.165) is 0 Å². The fourth-order valence-corrected chi connectivity index (χ4v) is 1.10. The topological polar surface area (TPSA) is 55.8 Å². The predicted molar refractivity (Wildman–Crippen MR) is 48.5 cm³/mol. The zero-order chi connectivity index (χ0) is 10.8. The number of likely N-dealkylation sites (tertiary alicyclic amines) is 1. The van der Waals surface area contributed by atoms with Gasteiger partial charge in [-0.15, -0.1) is 0 Å². The molecule has 0 aromatic carbocycles. The number of rotatable bonds is 2. The van der Waals surface area contributed by atoms with Gasteiger partial charge in [-0.2, -0.15) is 0 Å². The Morgan fingerprint density at radius 3 is 2.50 bits per heavy atom. The fraction of sp³-hybridized carbons (Fsp3) is 0.778. The zero-order valence-electron chi connectivity index (χ0n) is 8.65. The summed E-state index contributed by atoms with van der Waals surface area (Å²) in [5.41, 5.74) is -0.515. The maximum Gasteiger partial charge on any atom is 0.413 e. The molecule has 5 nitrogen and oxygen atoms in total. The molecular weight excluding hydrogens is 186 g/mol. The summed E-state index contributed by atoms with van der Waals surface area (Å²) in [7, 11) is 0. The van der Waals surface area contributed by atoms with Gasteiger partial charge >= 0.3 is 6.09 Å². The van der Waals surface area contributed by atoms with Gasteiger partial charge in [0, 0.05) is 13.0 Å². The number of carbonyl (C=O) groups excluding carboxylic acids is 2. The predicted octanol–water partition coefficient (Wildman–Crippen LogP) is 1.13. The van der Waals surface area contributed by atoms with Crippen molar-refractivity contribution < 1.29 is 19.1 Å². The Bertz CT molecular complexity index is 233. The maximum atomic E-state index is 11.4. The van der Waals surface area contributed by atoms with Crippen molar-refractivity contribution in [3.05, 3.63) is 0 Å². The second-order valence-corrected chi connectivity index (χ2v) is 4.15. The molecule has 5 heteroatoms. The average molecular weight is 201 g/mol. The van der Waals surface area contributed by atoms with Gasteiger partial charge in [0.2, 0.25) is 0 Å². The van der Waals surface area contributed by atoms with Crippen molar-refractivity contribution in [3.63, 3.8) is 0 Å². The van der Waals surface area contributed by atoms with Crippen LogP contribution in [0.1, 0.15) is 27.2 Å². The van der Waals surface area contributed by atoms with E-state index in [-0.39, 0.29) is 0 Å². The molecule has 1 heterocycles. The van der Waals surface area contributed by atoms with Crippen molar-refractivity contribution in [3.8, 4) is 0 Å². The van der Waals surface area contributed by atoms with Crippen LogP contribution in [0.5, 0.6) is 0 Å². The molecule has 1 atom stereocenters. The molecule has 0 N–H and O–H groups in total. The van der Waals surface area contributed by atoms with Gasteiger partial charge < -0.3 is 9.47 Å². The lowest BCUT2D eigenvalue weighted by Gasteiger charge is -2.39. The molecule has 0 radical (unpaired) electrons. The molecule has 0 aromatic heterocycles. The van der Waals surface area contributed by atoms with E-state index in [1.807, 2.05) is 0 Å². The summed E-state index contributed by atoms with van der Waals surface area (Å²) < 4.78 is 9.78. The van der Waals surface area contributed by atoms with Crippen LogP contribution in [-0.2, 0) is 14.3 Å². The van der Waals surface area contributed by atoms with Crippen LogP contribution < -0.4 is 0 Å². The maximum absolute atomic E-state index is 11.4. The largest absolute Gasteiger partial charge is 0.444 e. The number of ether oxygens (including phenoxy) is 2. The third-order valence-corrected chi connectivity index (χ3v) is 1.81. The summed E-state index contributed by atoms with van der Waals surface area (Å²) in [5, 5.41) is 0. The Morgan fingerprint density at radius 2 is 2.14 bits per heavy atom. The van der Waals surface area contributed by atoms with Crippen LogP contribution in [-0.4, -0.2) is 35.8 Å². The fourth-order valence-electron chi connectivity index (χ4n) is 1.10. The molecule has 0 saturated carbocycles. The zero-order valence-corrected chi connectivity index (χ0v) is 8.65. The number of hydrogen-bond donors (Lipinski definition) is 0. The first-order chi connectivity index (χ1) is 6.44. The lowest BCUT2D eigenvalue weighted by atomic mass is 10.2. The molecule has 1 aliphatic rings. The van der Waals surface area contributed by atoms with E-state index in [9.17, 15) is 9.59 Å². The Morgan fingerprint density at radius 1 is 1.50 bits per heavy atom. The summed E-state index contributed by atoms with van der Waals surface area (Å²) in [6.45, 7) is 6.30. The highest BCUT2D eigenvalue weighted by Gasteiger charge is 2.36. The summed E-state index contributed by atoms with van der Waals surface area (Å²) in [6.07, 6.45) is -0.198. The highest BCUT2D eigenvalue weighted by molar-refractivity contribution is 5.69. The van der Waals surface area contributed by atoms with Crippen molar-refractivity contribution in [1.82, 2.24) is 4.90 Å². The molecule has 1 rings (SSSR count). The van der Waals surface area contributed by atoms with Crippen molar-refractivity contribution in [1.29, 1.82) is 0 Å². The van der Waals surface area contributed by atoms with Crippen LogP contribution in [0.3, 0.4) is 0 Å². The van der Waals surface area contributed by atoms with Gasteiger partial charge in [0.15, 0.2) is 6.23 Å². The Labute approximate surface area is 83.0 Å². The third-order valence-electron chi connectivity index (χ3n) is 1.81. The molecule has 1 saturated heterocycles. The van der Waals surface area contributed by atoms with Crippen LogP contribution in [0.4, 0.5) is 4.79 Å². The summed E-state index contributed by atoms with van der Waals surface area (Å²) in [4.78, 5) is 22.9. The number of hydrogen-bond acceptors (Lipinski definition) is 4. The monoisotopic (exact) mass is 201 g/mol. The van der Waals surface area contributed by atoms with E-state index in [2.05, 4.69) is 4.74 Å². The normalized spacial score (nSPS) is 21.1. The van der Waals surface area contributed by atoms with Gasteiger partial charge in [0.1, 0.15) is 5.60 Å². The van der Waals surface area contributed by atoms with Crippen LogP contribution in [0.15, 0.2) is 0 Å². The molecule has 0 bridgehead atoms. The molecule has 80 valence electrons. The Balaban J connectivity index is 2.42. The molecule has 1 amide bonds. The number of amides is 1. The minimum Gasteiger partial charge on any atom is -0.444 e. The third kappa shape index (κ3) is 2.61. The van der Waals surface area contributed by atoms with Crippen molar-refractivity contribution in [2.24, 2.45) is 0 Å². The first-order valence-corrected chi connectivity index (χ1v) is 4.53. The first kappa shape index (κ1) is 10.8. The second kappa shape index (κ2) is 3.86. The van der Waals surface area contributed by atoms with Gasteiger partial charge in [0.25, 0.3) is 6.47 Å². The van der Waals surface area contributed by atoms with Crippen LogP contribution in [0, 0.1) is 0 Å². The SMILES string of the molecule is CC(C)(C)OC(=O)N1CCC1OC=O. The average Bonchev–Trinajstić information content (AvgIpc) is 1.93. The lowest BCUT2D eigenvalue weighted by Crippen LogP contribution is -2.53. The Hall–Kier alpha value is -1.26. The first-order valence-electron chi connectivity index (χ1n) is 4.53. The highest BCUT2D eigenvalue weighted by atomic mass is 16.6. The molecule has 0 aromatic rings. The molecular formula is C9H15NO4. The van der Waals surface area contributed by atoms with Crippen LogP contribution in [0.25, 0.3) is 0 Å². The summed E-state index contributed by atoms with van der Waals surface area (Å²) in [5.74, 6) is 0. The number of carbonyl (C=O) groups is 2. The van der Waals surface area contributed by atoms with Crippen molar-refractivity contribution >= 4 is 12.6 Å². The van der Waals surface area contributed by atoms with E-state index < -0.39 is 17.9 Å². The second-order valence-electron chi connectivity index (χ2n) is 4.15. The van der Waals surface area contributed by atoms with Crippen LogP contribution >= 0.6 is 0 Å². The van der Waals surface area contributed by atoms with Gasteiger partial charge in [-0.05, 0) is 20.8 Å². The minimum absolute atomic E-state index is 0.348. The van der Waals surface area contributed by atoms with Gasteiger partial charge in [-0.1, -0.05) is 0 Å². The van der Waals surface area contributed by atoms with Gasteiger partial charge in [-0.25, -0.2) is 4.79 Å². The smallest absolute Gasteiger partial charge is 0.413 e. The van der Waals surface area contributed by atoms with E-state index in [0.29, 0.717) is 19.4 Å². The number of nitrogens with zero attached hydrogens (tertiary/aromatic N) is 1. The molecule has 0 spiro atoms. The van der Waals surface area contributed by atoms with Gasteiger partial charge in [-0.3, -0.25) is 9.69 Å². The van der Waals surface area contributed by atoms with Crippen LogP contribution in [0.2, 0.25) is 0 Å². The van der Waals surface area contributed by atoms with E-state index in [1.165, 1.54) is 4.90 Å². The molecule has 1 unspecified atom stereocenters. The standard InChI is InChI=1S/C9H15NO4/c1-9(2,3)14-8(12)10-5-4-7(10)13-6-11/h6-7H,4-5H2,1-3H3. The summed E-state index contributed by atoms with van der Waals surface area (Å²) in [6, 6.07) is 0. The van der Waals surface area contributed by atoms with Gasteiger partial charge in [0.05, 0.1) is 0 Å². The van der Waals surface area contributed by atoms with E-state index in [1.54, 1.807) is 20.8 Å². The lowest BCUT2D eigenvalue weighted by molar-refractivity contribution is -0.154. The molecule has 0 aliphatic carbocycles. The molecule has 1 aliphatic heterocycles.